The Kier molecular flexibility index (Phi) is 8.08. The molecule has 1 N–H and O–H groups in total. The number of carboxylic acid groups (broad SMARTS) is 1. The summed E-state index contributed by atoms with van der Waals surface area (Å²) >= 11 is 0. The Bertz CT molecular complexity index is 1150. The maximum atomic E-state index is 14.2. The van der Waals surface area contributed by atoms with E-state index in [-0.39, 0.29) is 18.2 Å². The summed E-state index contributed by atoms with van der Waals surface area (Å²) in [5, 5.41) is 9.32. The monoisotopic (exact) mass is 467 g/mol. The number of para-hydroxylation sites is 1. The number of rotatable bonds is 10. The van der Waals surface area contributed by atoms with Crippen molar-refractivity contribution < 1.29 is 33.3 Å². The molecule has 0 aromatic heterocycles. The Morgan fingerprint density at radius 2 is 1.68 bits per heavy atom. The molecule has 0 aliphatic heterocycles. The molecule has 7 nitrogen and oxygen atoms in total. The Morgan fingerprint density at radius 1 is 0.971 bits per heavy atom. The average Bonchev–Trinajstić information content (AvgIpc) is 2.86. The van der Waals surface area contributed by atoms with Gasteiger partial charge in [-0.05, 0) is 42.3 Å². The van der Waals surface area contributed by atoms with Gasteiger partial charge in [0.15, 0.2) is 29.7 Å². The van der Waals surface area contributed by atoms with Crippen LogP contribution in [0.25, 0.3) is 0 Å². The SMILES string of the molecule is COc1ccc(CN(C(=O)COc2c(F)cccc2C(=O)O)[C@H](C)c2ccccc2)cc1OC. The van der Waals surface area contributed by atoms with Gasteiger partial charge in [0.2, 0.25) is 0 Å². The van der Waals surface area contributed by atoms with Gasteiger partial charge in [-0.1, -0.05) is 42.5 Å². The molecule has 0 heterocycles. The molecule has 1 atom stereocenters. The summed E-state index contributed by atoms with van der Waals surface area (Å²) in [7, 11) is 3.07. The number of benzene rings is 3. The Labute approximate surface area is 197 Å². The molecular weight excluding hydrogens is 441 g/mol. The molecule has 34 heavy (non-hydrogen) atoms. The van der Waals surface area contributed by atoms with Gasteiger partial charge in [-0.25, -0.2) is 9.18 Å². The van der Waals surface area contributed by atoms with Crippen molar-refractivity contribution in [1.29, 1.82) is 0 Å². The van der Waals surface area contributed by atoms with Gasteiger partial charge in [-0.3, -0.25) is 4.79 Å². The zero-order valence-corrected chi connectivity index (χ0v) is 19.2. The summed E-state index contributed by atoms with van der Waals surface area (Å²) in [5.41, 5.74) is 1.33. The van der Waals surface area contributed by atoms with Crippen molar-refractivity contribution in [1.82, 2.24) is 4.90 Å². The first kappa shape index (κ1) is 24.6. The number of hydrogen-bond acceptors (Lipinski definition) is 5. The molecule has 3 aromatic rings. The van der Waals surface area contributed by atoms with Gasteiger partial charge < -0.3 is 24.2 Å². The van der Waals surface area contributed by atoms with Gasteiger partial charge in [0, 0.05) is 6.54 Å². The van der Waals surface area contributed by atoms with E-state index in [1.54, 1.807) is 17.0 Å². The highest BCUT2D eigenvalue weighted by molar-refractivity contribution is 5.91. The second kappa shape index (κ2) is 11.2. The molecule has 0 aliphatic carbocycles. The number of carboxylic acids is 1. The molecule has 0 unspecified atom stereocenters. The van der Waals surface area contributed by atoms with E-state index in [0.717, 1.165) is 17.2 Å². The van der Waals surface area contributed by atoms with Gasteiger partial charge in [0.25, 0.3) is 5.91 Å². The first-order valence-corrected chi connectivity index (χ1v) is 10.6. The number of nitrogens with zero attached hydrogens (tertiary/aromatic N) is 1. The molecule has 0 saturated heterocycles. The molecule has 0 aliphatic rings. The minimum Gasteiger partial charge on any atom is -0.493 e. The van der Waals surface area contributed by atoms with Crippen LogP contribution in [-0.2, 0) is 11.3 Å². The van der Waals surface area contributed by atoms with Crippen LogP contribution in [0.15, 0.2) is 66.7 Å². The van der Waals surface area contributed by atoms with Crippen LogP contribution >= 0.6 is 0 Å². The second-order valence-electron chi connectivity index (χ2n) is 7.51. The molecule has 178 valence electrons. The third-order valence-corrected chi connectivity index (χ3v) is 5.41. The second-order valence-corrected chi connectivity index (χ2v) is 7.51. The lowest BCUT2D eigenvalue weighted by Crippen LogP contribution is -2.36. The van der Waals surface area contributed by atoms with E-state index in [0.29, 0.717) is 11.5 Å². The lowest BCUT2D eigenvalue weighted by Gasteiger charge is -2.30. The highest BCUT2D eigenvalue weighted by Gasteiger charge is 2.24. The zero-order valence-electron chi connectivity index (χ0n) is 19.2. The van der Waals surface area contributed by atoms with Crippen molar-refractivity contribution in [2.24, 2.45) is 0 Å². The molecule has 0 spiro atoms. The van der Waals surface area contributed by atoms with Crippen molar-refractivity contribution in [3.05, 3.63) is 89.2 Å². The number of halogens is 1. The number of aromatic carboxylic acids is 1. The summed E-state index contributed by atoms with van der Waals surface area (Å²) in [6.45, 7) is 1.55. The summed E-state index contributed by atoms with van der Waals surface area (Å²) in [6, 6.07) is 18.0. The van der Waals surface area contributed by atoms with Crippen molar-refractivity contribution in [3.8, 4) is 17.2 Å². The van der Waals surface area contributed by atoms with Crippen molar-refractivity contribution >= 4 is 11.9 Å². The normalized spacial score (nSPS) is 11.4. The third-order valence-electron chi connectivity index (χ3n) is 5.41. The topological polar surface area (TPSA) is 85.3 Å². The van der Waals surface area contributed by atoms with E-state index >= 15 is 0 Å². The molecular formula is C26H26FNO6. The van der Waals surface area contributed by atoms with Crippen molar-refractivity contribution in [3.63, 3.8) is 0 Å². The molecule has 0 bridgehead atoms. The van der Waals surface area contributed by atoms with E-state index in [9.17, 15) is 19.1 Å². The van der Waals surface area contributed by atoms with Crippen LogP contribution < -0.4 is 14.2 Å². The van der Waals surface area contributed by atoms with Crippen LogP contribution in [0.2, 0.25) is 0 Å². The van der Waals surface area contributed by atoms with Crippen LogP contribution in [0.1, 0.15) is 34.5 Å². The van der Waals surface area contributed by atoms with E-state index in [1.807, 2.05) is 43.3 Å². The van der Waals surface area contributed by atoms with E-state index < -0.39 is 30.1 Å². The zero-order chi connectivity index (χ0) is 24.7. The first-order chi connectivity index (χ1) is 16.3. The fraction of sp³-hybridized carbons (Fsp3) is 0.231. The molecule has 0 radical (unpaired) electrons. The molecule has 3 rings (SSSR count). The predicted molar refractivity (Wildman–Crippen MR) is 124 cm³/mol. The fourth-order valence-corrected chi connectivity index (χ4v) is 3.57. The molecule has 0 fully saturated rings. The molecule has 8 heteroatoms. The van der Waals surface area contributed by atoms with E-state index in [2.05, 4.69) is 0 Å². The largest absolute Gasteiger partial charge is 0.493 e. The van der Waals surface area contributed by atoms with Crippen LogP contribution in [0.4, 0.5) is 4.39 Å². The average molecular weight is 467 g/mol. The van der Waals surface area contributed by atoms with E-state index in [1.165, 1.54) is 26.4 Å². The van der Waals surface area contributed by atoms with Crippen LogP contribution in [0.3, 0.4) is 0 Å². The maximum absolute atomic E-state index is 14.2. The van der Waals surface area contributed by atoms with Gasteiger partial charge in [-0.2, -0.15) is 0 Å². The van der Waals surface area contributed by atoms with Crippen molar-refractivity contribution in [2.75, 3.05) is 20.8 Å². The first-order valence-electron chi connectivity index (χ1n) is 10.6. The highest BCUT2D eigenvalue weighted by atomic mass is 19.1. The fourth-order valence-electron chi connectivity index (χ4n) is 3.57. The number of hydrogen-bond donors (Lipinski definition) is 1. The molecule has 1 amide bonds. The molecule has 3 aromatic carbocycles. The maximum Gasteiger partial charge on any atom is 0.339 e. The summed E-state index contributed by atoms with van der Waals surface area (Å²) in [6.07, 6.45) is 0. The lowest BCUT2D eigenvalue weighted by molar-refractivity contribution is -0.136. The summed E-state index contributed by atoms with van der Waals surface area (Å²) in [5.74, 6) is -2.03. The van der Waals surface area contributed by atoms with E-state index in [4.69, 9.17) is 14.2 Å². The smallest absolute Gasteiger partial charge is 0.339 e. The Morgan fingerprint density at radius 3 is 2.32 bits per heavy atom. The van der Waals surface area contributed by atoms with Crippen LogP contribution in [-0.4, -0.2) is 42.7 Å². The number of methoxy groups -OCH3 is 2. The van der Waals surface area contributed by atoms with Gasteiger partial charge in [0.05, 0.1) is 20.3 Å². The minimum absolute atomic E-state index is 0.210. The number of carbonyl (C=O) groups excluding carboxylic acids is 1. The summed E-state index contributed by atoms with van der Waals surface area (Å²) in [4.78, 5) is 26.3. The number of ether oxygens (including phenoxy) is 3. The van der Waals surface area contributed by atoms with Gasteiger partial charge in [0.1, 0.15) is 5.56 Å². The van der Waals surface area contributed by atoms with Crippen LogP contribution in [0, 0.1) is 5.82 Å². The summed E-state index contributed by atoms with van der Waals surface area (Å²) < 4.78 is 30.3. The lowest BCUT2D eigenvalue weighted by atomic mass is 10.1. The minimum atomic E-state index is -1.35. The highest BCUT2D eigenvalue weighted by Crippen LogP contribution is 2.30. The van der Waals surface area contributed by atoms with Gasteiger partial charge in [-0.15, -0.1) is 0 Å². The standard InChI is InChI=1S/C26H26FNO6/c1-17(19-8-5-4-6-9-19)28(15-18-12-13-22(32-2)23(14-18)33-3)24(29)16-34-25-20(26(30)31)10-7-11-21(25)27/h4-14,17H,15-16H2,1-3H3,(H,30,31)/t17-/m1/s1. The molecule has 0 saturated carbocycles. The quantitative estimate of drug-likeness (QED) is 0.465. The Balaban J connectivity index is 1.88. The van der Waals surface area contributed by atoms with Crippen molar-refractivity contribution in [2.45, 2.75) is 19.5 Å². The Hall–Kier alpha value is -4.07. The number of amides is 1. The van der Waals surface area contributed by atoms with Crippen LogP contribution in [0.5, 0.6) is 17.2 Å². The number of carbonyl (C=O) groups is 2. The predicted octanol–water partition coefficient (Wildman–Crippen LogP) is 4.71. The van der Waals surface area contributed by atoms with Gasteiger partial charge >= 0.3 is 5.97 Å². The third kappa shape index (κ3) is 5.64.